The van der Waals surface area contributed by atoms with Crippen LogP contribution in [0.3, 0.4) is 0 Å². The molecule has 0 aliphatic heterocycles. The predicted octanol–water partition coefficient (Wildman–Crippen LogP) is 1.37. The third-order valence-electron chi connectivity index (χ3n) is 2.83. The van der Waals surface area contributed by atoms with Crippen LogP contribution in [0.25, 0.3) is 0 Å². The summed E-state index contributed by atoms with van der Waals surface area (Å²) in [6.07, 6.45) is 0. The Hall–Kier alpha value is -1.60. The number of hydrogen-bond acceptors (Lipinski definition) is 4. The van der Waals surface area contributed by atoms with Crippen LogP contribution in [0.15, 0.2) is 24.3 Å². The number of amides is 1. The predicted molar refractivity (Wildman–Crippen MR) is 81.0 cm³/mol. The van der Waals surface area contributed by atoms with Gasteiger partial charge in [0.25, 0.3) is 0 Å². The summed E-state index contributed by atoms with van der Waals surface area (Å²) >= 11 is 0. The summed E-state index contributed by atoms with van der Waals surface area (Å²) in [7, 11) is -3.29. The first-order chi connectivity index (χ1) is 9.25. The zero-order valence-corrected chi connectivity index (χ0v) is 12.7. The highest BCUT2D eigenvalue weighted by Gasteiger charge is 2.17. The van der Waals surface area contributed by atoms with Crippen molar-refractivity contribution in [1.82, 2.24) is 0 Å². The quantitative estimate of drug-likeness (QED) is 0.738. The standard InChI is InChI=1S/C13H21N3O3S/c1-4-20(18,19)16-11-7-5-10(6-8-11)15-13(17)12(14)9(2)3/h5-9,12,16H,4,14H2,1-3H3,(H,15,17). The largest absolute Gasteiger partial charge is 0.325 e. The molecule has 0 heterocycles. The van der Waals surface area contributed by atoms with E-state index in [-0.39, 0.29) is 17.6 Å². The molecule has 1 amide bonds. The van der Waals surface area contributed by atoms with Crippen LogP contribution in [0.4, 0.5) is 11.4 Å². The van der Waals surface area contributed by atoms with Gasteiger partial charge in [-0.25, -0.2) is 8.42 Å². The minimum atomic E-state index is -3.29. The van der Waals surface area contributed by atoms with E-state index in [4.69, 9.17) is 5.73 Å². The first kappa shape index (κ1) is 16.5. The molecular formula is C13H21N3O3S. The van der Waals surface area contributed by atoms with Gasteiger partial charge >= 0.3 is 0 Å². The average Bonchev–Trinajstić information content (AvgIpc) is 2.39. The second kappa shape index (κ2) is 6.71. The molecule has 0 spiro atoms. The zero-order chi connectivity index (χ0) is 15.3. The second-order valence-electron chi connectivity index (χ2n) is 4.84. The fraction of sp³-hybridized carbons (Fsp3) is 0.462. The van der Waals surface area contributed by atoms with Crippen LogP contribution in [-0.2, 0) is 14.8 Å². The Kier molecular flexibility index (Phi) is 5.52. The van der Waals surface area contributed by atoms with E-state index < -0.39 is 16.1 Å². The molecule has 0 saturated carbocycles. The zero-order valence-electron chi connectivity index (χ0n) is 11.9. The van der Waals surface area contributed by atoms with Gasteiger partial charge in [-0.2, -0.15) is 0 Å². The van der Waals surface area contributed by atoms with Gasteiger partial charge in [-0.3, -0.25) is 9.52 Å². The van der Waals surface area contributed by atoms with Gasteiger partial charge in [0.1, 0.15) is 0 Å². The maximum Gasteiger partial charge on any atom is 0.241 e. The van der Waals surface area contributed by atoms with Gasteiger partial charge in [-0.15, -0.1) is 0 Å². The number of rotatable bonds is 6. The van der Waals surface area contributed by atoms with Crippen molar-refractivity contribution >= 4 is 27.3 Å². The monoisotopic (exact) mass is 299 g/mol. The van der Waals surface area contributed by atoms with Gasteiger partial charge in [0.15, 0.2) is 0 Å². The molecular weight excluding hydrogens is 278 g/mol. The van der Waals surface area contributed by atoms with E-state index in [0.29, 0.717) is 11.4 Å². The molecule has 112 valence electrons. The summed E-state index contributed by atoms with van der Waals surface area (Å²) in [5.41, 5.74) is 6.77. The molecule has 1 atom stereocenters. The third kappa shape index (κ3) is 4.82. The van der Waals surface area contributed by atoms with Crippen molar-refractivity contribution in [3.05, 3.63) is 24.3 Å². The van der Waals surface area contributed by atoms with Crippen molar-refractivity contribution in [2.75, 3.05) is 15.8 Å². The second-order valence-corrected chi connectivity index (χ2v) is 6.85. The van der Waals surface area contributed by atoms with Crippen LogP contribution >= 0.6 is 0 Å². The number of benzene rings is 1. The molecule has 0 aliphatic rings. The Morgan fingerprint density at radius 2 is 1.70 bits per heavy atom. The van der Waals surface area contributed by atoms with E-state index in [1.807, 2.05) is 13.8 Å². The molecule has 6 nitrogen and oxygen atoms in total. The lowest BCUT2D eigenvalue weighted by Crippen LogP contribution is -2.39. The Morgan fingerprint density at radius 3 is 2.15 bits per heavy atom. The van der Waals surface area contributed by atoms with Crippen molar-refractivity contribution < 1.29 is 13.2 Å². The smallest absolute Gasteiger partial charge is 0.241 e. The lowest BCUT2D eigenvalue weighted by atomic mass is 10.0. The highest BCUT2D eigenvalue weighted by atomic mass is 32.2. The van der Waals surface area contributed by atoms with Crippen molar-refractivity contribution in [2.24, 2.45) is 11.7 Å². The minimum absolute atomic E-state index is 0.00866. The molecule has 0 aromatic heterocycles. The van der Waals surface area contributed by atoms with Crippen molar-refractivity contribution in [1.29, 1.82) is 0 Å². The van der Waals surface area contributed by atoms with Crippen molar-refractivity contribution in [3.63, 3.8) is 0 Å². The van der Waals surface area contributed by atoms with E-state index >= 15 is 0 Å². The van der Waals surface area contributed by atoms with Crippen LogP contribution < -0.4 is 15.8 Å². The lowest BCUT2D eigenvalue weighted by Gasteiger charge is -2.15. The molecule has 1 aromatic carbocycles. The van der Waals surface area contributed by atoms with Gasteiger partial charge in [0.2, 0.25) is 15.9 Å². The van der Waals surface area contributed by atoms with Gasteiger partial charge in [-0.1, -0.05) is 13.8 Å². The van der Waals surface area contributed by atoms with E-state index in [1.165, 1.54) is 0 Å². The molecule has 1 unspecified atom stereocenters. The van der Waals surface area contributed by atoms with Crippen LogP contribution in [0.1, 0.15) is 20.8 Å². The molecule has 0 bridgehead atoms. The highest BCUT2D eigenvalue weighted by molar-refractivity contribution is 7.92. The Balaban J connectivity index is 2.70. The number of sulfonamides is 1. The van der Waals surface area contributed by atoms with Crippen molar-refractivity contribution in [2.45, 2.75) is 26.8 Å². The number of nitrogens with one attached hydrogen (secondary N) is 2. The lowest BCUT2D eigenvalue weighted by molar-refractivity contribution is -0.118. The number of carbonyl (C=O) groups excluding carboxylic acids is 1. The summed E-state index contributed by atoms with van der Waals surface area (Å²) < 4.78 is 25.2. The average molecular weight is 299 g/mol. The molecule has 1 aromatic rings. The van der Waals surface area contributed by atoms with Gasteiger partial charge in [0, 0.05) is 11.4 Å². The fourth-order valence-electron chi connectivity index (χ4n) is 1.40. The Bertz CT molecular complexity index is 553. The van der Waals surface area contributed by atoms with Crippen LogP contribution in [0.2, 0.25) is 0 Å². The van der Waals surface area contributed by atoms with E-state index in [2.05, 4.69) is 10.0 Å². The highest BCUT2D eigenvalue weighted by Crippen LogP contribution is 2.15. The molecule has 1 rings (SSSR count). The van der Waals surface area contributed by atoms with Gasteiger partial charge in [0.05, 0.1) is 11.8 Å². The molecule has 4 N–H and O–H groups in total. The van der Waals surface area contributed by atoms with Crippen LogP contribution in [-0.4, -0.2) is 26.1 Å². The molecule has 7 heteroatoms. The molecule has 0 radical (unpaired) electrons. The molecule has 0 aliphatic carbocycles. The summed E-state index contributed by atoms with van der Waals surface area (Å²) in [6, 6.07) is 5.85. The first-order valence-electron chi connectivity index (χ1n) is 6.42. The van der Waals surface area contributed by atoms with E-state index in [0.717, 1.165) is 0 Å². The summed E-state index contributed by atoms with van der Waals surface area (Å²) in [5.74, 6) is -0.207. The summed E-state index contributed by atoms with van der Waals surface area (Å²) in [5, 5.41) is 2.69. The number of nitrogens with two attached hydrogens (primary N) is 1. The minimum Gasteiger partial charge on any atom is -0.325 e. The first-order valence-corrected chi connectivity index (χ1v) is 8.07. The SMILES string of the molecule is CCS(=O)(=O)Nc1ccc(NC(=O)C(N)C(C)C)cc1. The number of carbonyl (C=O) groups is 1. The third-order valence-corrected chi connectivity index (χ3v) is 4.13. The molecule has 0 fully saturated rings. The van der Waals surface area contributed by atoms with E-state index in [1.54, 1.807) is 31.2 Å². The topological polar surface area (TPSA) is 101 Å². The fourth-order valence-corrected chi connectivity index (χ4v) is 2.04. The Morgan fingerprint density at radius 1 is 1.20 bits per heavy atom. The van der Waals surface area contributed by atoms with Gasteiger partial charge in [-0.05, 0) is 37.1 Å². The van der Waals surface area contributed by atoms with Crippen LogP contribution in [0, 0.1) is 5.92 Å². The molecule has 20 heavy (non-hydrogen) atoms. The molecule has 0 saturated heterocycles. The number of anilines is 2. The Labute approximate surface area is 119 Å². The number of hydrogen-bond donors (Lipinski definition) is 3. The maximum atomic E-state index is 11.8. The van der Waals surface area contributed by atoms with Crippen molar-refractivity contribution in [3.8, 4) is 0 Å². The maximum absolute atomic E-state index is 11.8. The van der Waals surface area contributed by atoms with Gasteiger partial charge < -0.3 is 11.1 Å². The normalized spacial score (nSPS) is 13.1. The summed E-state index contributed by atoms with van der Waals surface area (Å²) in [4.78, 5) is 11.8. The van der Waals surface area contributed by atoms with Crippen LogP contribution in [0.5, 0.6) is 0 Å². The summed E-state index contributed by atoms with van der Waals surface area (Å²) in [6.45, 7) is 5.30. The van der Waals surface area contributed by atoms with E-state index in [9.17, 15) is 13.2 Å².